The zero-order valence-electron chi connectivity index (χ0n) is 16.4. The first-order valence-corrected chi connectivity index (χ1v) is 9.55. The topological polar surface area (TPSA) is 59.8 Å². The molecule has 0 saturated carbocycles. The summed E-state index contributed by atoms with van der Waals surface area (Å²) in [6.45, 7) is 1.75. The number of nitrogens with one attached hydrogen (secondary N) is 1. The lowest BCUT2D eigenvalue weighted by atomic mass is 10.1. The van der Waals surface area contributed by atoms with Gasteiger partial charge in [0.25, 0.3) is 12.3 Å². The lowest BCUT2D eigenvalue weighted by Gasteiger charge is -2.14. The Hall–Kier alpha value is -3.24. The fraction of sp³-hybridized carbons (Fsp3) is 0.227. The van der Waals surface area contributed by atoms with Gasteiger partial charge >= 0.3 is 0 Å². The Bertz CT molecular complexity index is 1100. The van der Waals surface area contributed by atoms with Crippen LogP contribution in [0.15, 0.2) is 48.8 Å². The van der Waals surface area contributed by atoms with Gasteiger partial charge in [0.05, 0.1) is 16.3 Å². The SMILES string of the molecule is CC(Cc1ncc(C#Cc2ccccc2)cc1Cl)NC(=O)c1cn(C)nc1C(F)F. The first-order chi connectivity index (χ1) is 14.3. The summed E-state index contributed by atoms with van der Waals surface area (Å²) in [5.74, 6) is 5.42. The van der Waals surface area contributed by atoms with Crippen molar-refractivity contribution in [3.05, 3.63) is 81.9 Å². The van der Waals surface area contributed by atoms with Crippen LogP contribution in [-0.2, 0) is 13.5 Å². The number of rotatable bonds is 5. The van der Waals surface area contributed by atoms with E-state index < -0.39 is 18.0 Å². The van der Waals surface area contributed by atoms with Crippen molar-refractivity contribution in [2.24, 2.45) is 7.05 Å². The van der Waals surface area contributed by atoms with E-state index >= 15 is 0 Å². The Labute approximate surface area is 178 Å². The van der Waals surface area contributed by atoms with Crippen LogP contribution >= 0.6 is 11.6 Å². The maximum absolute atomic E-state index is 13.1. The Balaban J connectivity index is 1.66. The lowest BCUT2D eigenvalue weighted by molar-refractivity contribution is 0.0925. The standard InChI is InChI=1S/C22H19ClF2N4O/c1-14(27-22(30)17-13-29(2)28-20(17)21(24)25)10-19-18(23)11-16(12-26-19)9-8-15-6-4-3-5-7-15/h3-7,11-14,21H,10H2,1-2H3,(H,27,30). The lowest BCUT2D eigenvalue weighted by Crippen LogP contribution is -2.34. The zero-order valence-corrected chi connectivity index (χ0v) is 17.1. The first kappa shape index (κ1) is 21.5. The van der Waals surface area contributed by atoms with E-state index in [1.165, 1.54) is 17.9 Å². The number of aryl methyl sites for hydroxylation is 1. The van der Waals surface area contributed by atoms with Crippen LogP contribution in [0.2, 0.25) is 5.02 Å². The molecule has 30 heavy (non-hydrogen) atoms. The third-order valence-corrected chi connectivity index (χ3v) is 4.56. The molecule has 5 nitrogen and oxygen atoms in total. The van der Waals surface area contributed by atoms with Crippen molar-refractivity contribution in [1.29, 1.82) is 0 Å². The molecule has 0 fully saturated rings. The number of nitrogens with zero attached hydrogens (tertiary/aromatic N) is 3. The summed E-state index contributed by atoms with van der Waals surface area (Å²) in [6, 6.07) is 10.9. The molecule has 1 N–H and O–H groups in total. The Morgan fingerprint density at radius 3 is 2.60 bits per heavy atom. The van der Waals surface area contributed by atoms with Crippen LogP contribution in [0.25, 0.3) is 0 Å². The monoisotopic (exact) mass is 428 g/mol. The average molecular weight is 429 g/mol. The molecule has 0 spiro atoms. The molecule has 0 aliphatic rings. The van der Waals surface area contributed by atoms with Gasteiger partial charge in [-0.05, 0) is 25.1 Å². The summed E-state index contributed by atoms with van der Waals surface area (Å²) in [5, 5.41) is 6.76. The Morgan fingerprint density at radius 1 is 1.23 bits per heavy atom. The molecule has 2 aromatic heterocycles. The molecular formula is C22H19ClF2N4O. The summed E-state index contributed by atoms with van der Waals surface area (Å²) in [5.41, 5.74) is 1.44. The number of pyridine rings is 1. The minimum Gasteiger partial charge on any atom is -0.349 e. The predicted octanol–water partition coefficient (Wildman–Crippen LogP) is 4.17. The minimum absolute atomic E-state index is 0.148. The molecule has 0 radical (unpaired) electrons. The fourth-order valence-electron chi connectivity index (χ4n) is 2.83. The number of hydrogen-bond donors (Lipinski definition) is 1. The number of benzene rings is 1. The molecule has 0 aliphatic heterocycles. The quantitative estimate of drug-likeness (QED) is 0.620. The number of halogens is 3. The van der Waals surface area contributed by atoms with Crippen LogP contribution < -0.4 is 5.32 Å². The van der Waals surface area contributed by atoms with Crippen LogP contribution in [0.3, 0.4) is 0 Å². The van der Waals surface area contributed by atoms with Crippen molar-refractivity contribution in [3.8, 4) is 11.8 Å². The van der Waals surface area contributed by atoms with E-state index in [1.807, 2.05) is 30.3 Å². The number of amides is 1. The number of alkyl halides is 2. The van der Waals surface area contributed by atoms with Gasteiger partial charge in [-0.1, -0.05) is 41.6 Å². The predicted molar refractivity (Wildman–Crippen MR) is 110 cm³/mol. The van der Waals surface area contributed by atoms with E-state index in [0.717, 1.165) is 5.56 Å². The van der Waals surface area contributed by atoms with Crippen molar-refractivity contribution >= 4 is 17.5 Å². The van der Waals surface area contributed by atoms with Gasteiger partial charge < -0.3 is 5.32 Å². The molecule has 0 saturated heterocycles. The second-order valence-corrected chi connectivity index (χ2v) is 7.16. The van der Waals surface area contributed by atoms with Gasteiger partial charge in [0.2, 0.25) is 0 Å². The summed E-state index contributed by atoms with van der Waals surface area (Å²) in [4.78, 5) is 16.7. The second kappa shape index (κ2) is 9.51. The first-order valence-electron chi connectivity index (χ1n) is 9.17. The van der Waals surface area contributed by atoms with E-state index in [9.17, 15) is 13.6 Å². The molecule has 3 rings (SSSR count). The highest BCUT2D eigenvalue weighted by molar-refractivity contribution is 6.31. The summed E-state index contributed by atoms with van der Waals surface area (Å²) in [7, 11) is 1.48. The highest BCUT2D eigenvalue weighted by Crippen LogP contribution is 2.21. The van der Waals surface area contributed by atoms with Gasteiger partial charge in [0, 0.05) is 43.0 Å². The summed E-state index contributed by atoms with van der Waals surface area (Å²) in [6.07, 6.45) is 0.390. The van der Waals surface area contributed by atoms with Gasteiger partial charge in [-0.25, -0.2) is 8.78 Å². The maximum Gasteiger partial charge on any atom is 0.282 e. The van der Waals surface area contributed by atoms with Gasteiger partial charge in [-0.3, -0.25) is 14.5 Å². The Morgan fingerprint density at radius 2 is 1.93 bits per heavy atom. The number of hydrogen-bond acceptors (Lipinski definition) is 3. The molecule has 2 heterocycles. The molecule has 1 atom stereocenters. The highest BCUT2D eigenvalue weighted by atomic mass is 35.5. The molecule has 3 aromatic rings. The second-order valence-electron chi connectivity index (χ2n) is 6.75. The number of carbonyl (C=O) groups excluding carboxylic acids is 1. The van der Waals surface area contributed by atoms with Crippen LogP contribution in [0, 0.1) is 11.8 Å². The third-order valence-electron chi connectivity index (χ3n) is 4.23. The summed E-state index contributed by atoms with van der Waals surface area (Å²) < 4.78 is 27.3. The molecule has 0 bridgehead atoms. The van der Waals surface area contributed by atoms with Crippen molar-refractivity contribution < 1.29 is 13.6 Å². The maximum atomic E-state index is 13.1. The van der Waals surface area contributed by atoms with E-state index in [2.05, 4.69) is 27.2 Å². The number of carbonyl (C=O) groups is 1. The Kier molecular flexibility index (Phi) is 6.80. The number of aromatic nitrogens is 3. The van der Waals surface area contributed by atoms with Crippen LogP contribution in [0.1, 0.15) is 46.2 Å². The molecule has 8 heteroatoms. The molecule has 1 amide bonds. The average Bonchev–Trinajstić information content (AvgIpc) is 3.11. The van der Waals surface area contributed by atoms with Crippen LogP contribution in [0.5, 0.6) is 0 Å². The minimum atomic E-state index is -2.83. The molecule has 0 aliphatic carbocycles. The highest BCUT2D eigenvalue weighted by Gasteiger charge is 2.23. The smallest absolute Gasteiger partial charge is 0.282 e. The largest absolute Gasteiger partial charge is 0.349 e. The van der Waals surface area contributed by atoms with Crippen LogP contribution in [0.4, 0.5) is 8.78 Å². The molecular weight excluding hydrogens is 410 g/mol. The normalized spacial score (nSPS) is 11.7. The van der Waals surface area contributed by atoms with Crippen molar-refractivity contribution in [1.82, 2.24) is 20.1 Å². The molecule has 1 unspecified atom stereocenters. The zero-order chi connectivity index (χ0) is 21.7. The van der Waals surface area contributed by atoms with Crippen molar-refractivity contribution in [2.45, 2.75) is 25.8 Å². The van der Waals surface area contributed by atoms with Crippen molar-refractivity contribution in [2.75, 3.05) is 0 Å². The molecule has 1 aromatic carbocycles. The van der Waals surface area contributed by atoms with Gasteiger partial charge in [-0.15, -0.1) is 0 Å². The van der Waals surface area contributed by atoms with Crippen molar-refractivity contribution in [3.63, 3.8) is 0 Å². The van der Waals surface area contributed by atoms with E-state index in [4.69, 9.17) is 11.6 Å². The van der Waals surface area contributed by atoms with E-state index in [0.29, 0.717) is 22.7 Å². The van der Waals surface area contributed by atoms with Crippen LogP contribution in [-0.4, -0.2) is 26.7 Å². The molecule has 154 valence electrons. The fourth-order valence-corrected chi connectivity index (χ4v) is 3.08. The third kappa shape index (κ3) is 5.43. The summed E-state index contributed by atoms with van der Waals surface area (Å²) >= 11 is 6.32. The van der Waals surface area contributed by atoms with E-state index in [1.54, 1.807) is 19.2 Å². The van der Waals surface area contributed by atoms with E-state index in [-0.39, 0.29) is 11.6 Å². The van der Waals surface area contributed by atoms with Gasteiger partial charge in [-0.2, -0.15) is 5.10 Å². The van der Waals surface area contributed by atoms with Gasteiger partial charge in [0.15, 0.2) is 0 Å². The van der Waals surface area contributed by atoms with Gasteiger partial charge in [0.1, 0.15) is 5.69 Å².